The van der Waals surface area contributed by atoms with Gasteiger partial charge in [0.25, 0.3) is 0 Å². The number of likely N-dealkylation sites (tertiary alicyclic amines) is 1. The predicted octanol–water partition coefficient (Wildman–Crippen LogP) is 5.60. The summed E-state index contributed by atoms with van der Waals surface area (Å²) in [7, 11) is 2.09. The van der Waals surface area contributed by atoms with Gasteiger partial charge in [-0.05, 0) is 92.3 Å². The van der Waals surface area contributed by atoms with Crippen molar-refractivity contribution in [2.75, 3.05) is 30.8 Å². The van der Waals surface area contributed by atoms with Crippen LogP contribution in [0.15, 0.2) is 47.4 Å². The molecule has 1 aliphatic rings. The van der Waals surface area contributed by atoms with Crippen LogP contribution in [0.25, 0.3) is 10.1 Å². The van der Waals surface area contributed by atoms with Crippen LogP contribution < -0.4 is 10.6 Å². The Morgan fingerprint density at radius 1 is 1.19 bits per heavy atom. The van der Waals surface area contributed by atoms with Crippen LogP contribution >= 0.6 is 11.3 Å². The van der Waals surface area contributed by atoms with Crippen molar-refractivity contribution >= 4 is 43.9 Å². The number of thiophene rings is 1. The second-order valence-corrected chi connectivity index (χ2v) is 11.0. The Hall–Kier alpha value is -2.58. The van der Waals surface area contributed by atoms with Gasteiger partial charge in [-0.2, -0.15) is 13.2 Å². The monoisotopic (exact) mass is 534 g/mol. The van der Waals surface area contributed by atoms with Crippen molar-refractivity contribution in [3.63, 3.8) is 0 Å². The summed E-state index contributed by atoms with van der Waals surface area (Å²) in [6.45, 7) is 3.77. The number of alkyl halides is 3. The van der Waals surface area contributed by atoms with Gasteiger partial charge in [0, 0.05) is 16.6 Å². The summed E-state index contributed by atoms with van der Waals surface area (Å²) in [5.41, 5.74) is 1.73. The van der Waals surface area contributed by atoms with Gasteiger partial charge in [-0.3, -0.25) is 4.21 Å². The van der Waals surface area contributed by atoms with Crippen LogP contribution in [0.4, 0.5) is 24.5 Å². The smallest absolute Gasteiger partial charge is 0.393 e. The Bertz CT molecular complexity index is 1290. The highest BCUT2D eigenvalue weighted by Crippen LogP contribution is 2.39. The highest BCUT2D eigenvalue weighted by Gasteiger charge is 2.31. The highest BCUT2D eigenvalue weighted by molar-refractivity contribution is 7.79. The van der Waals surface area contributed by atoms with Crippen LogP contribution in [0, 0.1) is 11.8 Å². The number of anilines is 2. The molecule has 2 N–H and O–H groups in total. The van der Waals surface area contributed by atoms with Crippen molar-refractivity contribution in [1.82, 2.24) is 4.90 Å². The number of halogens is 3. The third kappa shape index (κ3) is 6.79. The maximum atomic E-state index is 13.5. The van der Waals surface area contributed by atoms with E-state index in [0.717, 1.165) is 36.3 Å². The van der Waals surface area contributed by atoms with Crippen molar-refractivity contribution in [3.8, 4) is 11.8 Å². The van der Waals surface area contributed by atoms with E-state index in [1.807, 2.05) is 6.07 Å². The summed E-state index contributed by atoms with van der Waals surface area (Å²) in [5, 5.41) is 7.28. The van der Waals surface area contributed by atoms with Crippen molar-refractivity contribution < 1.29 is 21.9 Å². The summed E-state index contributed by atoms with van der Waals surface area (Å²) in [4.78, 5) is 2.85. The van der Waals surface area contributed by atoms with Crippen LogP contribution in [0.1, 0.15) is 30.2 Å². The third-order valence-corrected chi connectivity index (χ3v) is 7.96. The second kappa shape index (κ2) is 11.2. The average Bonchev–Trinajstić information content (AvgIpc) is 3.16. The molecule has 2 aromatic carbocycles. The highest BCUT2D eigenvalue weighted by atomic mass is 32.2. The maximum Gasteiger partial charge on any atom is 0.393 e. The first-order chi connectivity index (χ1) is 17.1. The van der Waals surface area contributed by atoms with E-state index in [9.17, 15) is 21.9 Å². The van der Waals surface area contributed by atoms with E-state index in [2.05, 4.69) is 34.4 Å². The number of fused-ring (bicyclic) bond motifs is 1. The number of hydrogen-bond donors (Lipinski definition) is 2. The molecule has 36 heavy (non-hydrogen) atoms. The molecule has 1 saturated heterocycles. The molecule has 1 fully saturated rings. The Labute approximate surface area is 215 Å². The molecule has 1 aromatic heterocycles. The minimum absolute atomic E-state index is 0.172. The van der Waals surface area contributed by atoms with E-state index >= 15 is 0 Å². The second-order valence-electron chi connectivity index (χ2n) is 9.00. The molecule has 4 rings (SSSR count). The van der Waals surface area contributed by atoms with E-state index in [1.54, 1.807) is 31.2 Å². The molecule has 0 amide bonds. The fraction of sp³-hybridized carbons (Fsp3) is 0.385. The van der Waals surface area contributed by atoms with Gasteiger partial charge in [0.2, 0.25) is 0 Å². The van der Waals surface area contributed by atoms with E-state index < -0.39 is 23.7 Å². The fourth-order valence-corrected chi connectivity index (χ4v) is 5.77. The summed E-state index contributed by atoms with van der Waals surface area (Å²) in [6, 6.07) is 11.6. The van der Waals surface area contributed by atoms with Gasteiger partial charge in [0.1, 0.15) is 0 Å². The lowest BCUT2D eigenvalue weighted by Gasteiger charge is -2.30. The zero-order chi connectivity index (χ0) is 25.9. The van der Waals surface area contributed by atoms with E-state index in [4.69, 9.17) is 0 Å². The van der Waals surface area contributed by atoms with Crippen LogP contribution in [0.5, 0.6) is 0 Å². The van der Waals surface area contributed by atoms with Crippen molar-refractivity contribution in [1.29, 1.82) is 0 Å². The van der Waals surface area contributed by atoms with Gasteiger partial charge in [-0.1, -0.05) is 24.0 Å². The van der Waals surface area contributed by atoms with Crippen molar-refractivity contribution in [2.24, 2.45) is 0 Å². The summed E-state index contributed by atoms with van der Waals surface area (Å²) in [6.07, 6.45) is -3.43. The standard InChI is InChI=1S/C26H28F3N3O2S2/c1-17(30-18-7-9-20(10-8-18)36(33)34)6-11-24-22(16-26(27,28)29)21-4-3-5-23(25(21)35-24)31-19-12-14-32(2)15-13-19/h3-5,7-10,17,19,30-31H,12-16H2,1-2H3,(H,33,34)/p-1/t17-/m0/s1. The number of nitrogens with one attached hydrogen (secondary N) is 2. The average molecular weight is 535 g/mol. The molecule has 10 heteroatoms. The number of rotatable bonds is 6. The van der Waals surface area contributed by atoms with Gasteiger partial charge in [0.15, 0.2) is 0 Å². The lowest BCUT2D eigenvalue weighted by molar-refractivity contribution is -0.126. The quantitative estimate of drug-likeness (QED) is 0.318. The Balaban J connectivity index is 1.60. The van der Waals surface area contributed by atoms with Crippen LogP contribution in [0.3, 0.4) is 0 Å². The molecule has 1 unspecified atom stereocenters. The van der Waals surface area contributed by atoms with Crippen molar-refractivity contribution in [3.05, 3.63) is 52.9 Å². The van der Waals surface area contributed by atoms with E-state index in [1.165, 1.54) is 23.5 Å². The van der Waals surface area contributed by atoms with Crippen LogP contribution in [-0.4, -0.2) is 52.1 Å². The molecular formula is C26H27F3N3O2S2-. The lowest BCUT2D eigenvalue weighted by Crippen LogP contribution is -2.36. The van der Waals surface area contributed by atoms with Gasteiger partial charge in [0.05, 0.1) is 27.7 Å². The minimum atomic E-state index is -4.35. The maximum absolute atomic E-state index is 13.5. The molecule has 5 nitrogen and oxygen atoms in total. The topological polar surface area (TPSA) is 67.4 Å². The number of nitrogens with zero attached hydrogens (tertiary/aromatic N) is 1. The SMILES string of the molecule is C[C@@H](C#Cc1sc2c(NC3CCN(C)CC3)cccc2c1CC(F)(F)F)Nc1ccc(S(=O)[O-])cc1. The van der Waals surface area contributed by atoms with Crippen molar-refractivity contribution in [2.45, 2.75) is 49.3 Å². The number of hydrogen-bond acceptors (Lipinski definition) is 6. The number of piperidine rings is 1. The molecule has 0 aliphatic carbocycles. The normalized spacial score (nSPS) is 16.8. The van der Waals surface area contributed by atoms with Crippen LogP contribution in [0.2, 0.25) is 0 Å². The summed E-state index contributed by atoms with van der Waals surface area (Å²) < 4.78 is 63.3. The van der Waals surface area contributed by atoms with E-state index in [-0.39, 0.29) is 22.5 Å². The molecule has 192 valence electrons. The summed E-state index contributed by atoms with van der Waals surface area (Å²) >= 11 is -1.02. The van der Waals surface area contributed by atoms with Gasteiger partial charge in [-0.15, -0.1) is 11.3 Å². The number of benzene rings is 2. The fourth-order valence-electron chi connectivity index (χ4n) is 4.26. The Morgan fingerprint density at radius 2 is 1.89 bits per heavy atom. The zero-order valence-electron chi connectivity index (χ0n) is 19.9. The molecule has 1 aliphatic heterocycles. The summed E-state index contributed by atoms with van der Waals surface area (Å²) in [5.74, 6) is 6.00. The Morgan fingerprint density at radius 3 is 2.53 bits per heavy atom. The molecule has 2 atom stereocenters. The first-order valence-corrected chi connectivity index (χ1v) is 13.5. The molecular weight excluding hydrogens is 507 g/mol. The van der Waals surface area contributed by atoms with Gasteiger partial charge < -0.3 is 20.1 Å². The van der Waals surface area contributed by atoms with Gasteiger partial charge in [-0.25, -0.2) is 0 Å². The van der Waals surface area contributed by atoms with E-state index in [0.29, 0.717) is 16.0 Å². The molecule has 0 saturated carbocycles. The zero-order valence-corrected chi connectivity index (χ0v) is 21.6. The van der Waals surface area contributed by atoms with Crippen LogP contribution in [-0.2, 0) is 17.5 Å². The molecule has 3 aromatic rings. The largest absolute Gasteiger partial charge is 0.768 e. The minimum Gasteiger partial charge on any atom is -0.768 e. The van der Waals surface area contributed by atoms with Gasteiger partial charge >= 0.3 is 6.18 Å². The predicted molar refractivity (Wildman–Crippen MR) is 139 cm³/mol. The first-order valence-electron chi connectivity index (χ1n) is 11.6. The molecule has 0 spiro atoms. The first kappa shape index (κ1) is 26.5. The third-order valence-electron chi connectivity index (χ3n) is 6.11. The molecule has 2 heterocycles. The molecule has 0 bridgehead atoms. The molecule has 0 radical (unpaired) electrons. The Kier molecular flexibility index (Phi) is 8.25. The lowest BCUT2D eigenvalue weighted by atomic mass is 10.0.